The average Bonchev–Trinajstić information content (AvgIpc) is 2.43. The Kier molecular flexibility index (Phi) is 2.83. The zero-order valence-electron chi connectivity index (χ0n) is 12.6. The number of carbonyl (C=O) groups is 2. The van der Waals surface area contributed by atoms with Crippen LogP contribution in [0.15, 0.2) is 0 Å². The third-order valence-corrected chi connectivity index (χ3v) is 6.17. The van der Waals surface area contributed by atoms with Crippen molar-refractivity contribution in [2.24, 2.45) is 10.8 Å². The van der Waals surface area contributed by atoms with Crippen LogP contribution >= 0.6 is 0 Å². The highest BCUT2D eigenvalue weighted by atomic mass is 16.4. The monoisotopic (exact) mass is 280 g/mol. The minimum Gasteiger partial charge on any atom is -0.479 e. The number of carboxylic acid groups (broad SMARTS) is 1. The summed E-state index contributed by atoms with van der Waals surface area (Å²) in [6, 6.07) is 0. The molecule has 0 unspecified atom stereocenters. The quantitative estimate of drug-likeness (QED) is 0.838. The van der Waals surface area contributed by atoms with E-state index in [1.165, 1.54) is 0 Å². The van der Waals surface area contributed by atoms with Gasteiger partial charge in [-0.25, -0.2) is 4.79 Å². The molecule has 5 nitrogen and oxygen atoms in total. The molecular formula is C15H24N2O3. The Balaban J connectivity index is 2.11. The van der Waals surface area contributed by atoms with Gasteiger partial charge in [-0.3, -0.25) is 14.6 Å². The van der Waals surface area contributed by atoms with E-state index in [0.717, 1.165) is 12.8 Å². The summed E-state index contributed by atoms with van der Waals surface area (Å²) >= 11 is 0. The Morgan fingerprint density at radius 1 is 1.00 bits per heavy atom. The van der Waals surface area contributed by atoms with Crippen molar-refractivity contribution in [3.05, 3.63) is 0 Å². The van der Waals surface area contributed by atoms with Gasteiger partial charge in [0.05, 0.1) is 10.8 Å². The van der Waals surface area contributed by atoms with E-state index < -0.39 is 11.6 Å². The Morgan fingerprint density at radius 2 is 1.40 bits per heavy atom. The van der Waals surface area contributed by atoms with Crippen LogP contribution in [0.1, 0.15) is 40.0 Å². The first-order valence-corrected chi connectivity index (χ1v) is 7.69. The number of aliphatic carboxylic acids is 1. The van der Waals surface area contributed by atoms with Crippen LogP contribution < -0.4 is 0 Å². The van der Waals surface area contributed by atoms with E-state index in [1.807, 2.05) is 6.92 Å². The zero-order chi connectivity index (χ0) is 14.8. The molecule has 5 heteroatoms. The zero-order valence-corrected chi connectivity index (χ0v) is 12.6. The van der Waals surface area contributed by atoms with Crippen molar-refractivity contribution in [3.8, 4) is 0 Å². The van der Waals surface area contributed by atoms with Gasteiger partial charge in [0.1, 0.15) is 5.78 Å². The van der Waals surface area contributed by atoms with E-state index in [1.54, 1.807) is 0 Å². The first-order valence-electron chi connectivity index (χ1n) is 7.69. The lowest BCUT2D eigenvalue weighted by atomic mass is 9.57. The van der Waals surface area contributed by atoms with Gasteiger partial charge in [-0.1, -0.05) is 20.8 Å². The standard InChI is InChI=1S/C15H24N2O3/c1-4-13-7-16-9-14(5-2,11(13)18)10-17(8-13)15(16,6-3)12(19)20/h4-10H2,1-3H3,(H,19,20). The number of carboxylic acids is 1. The minimum atomic E-state index is -0.891. The summed E-state index contributed by atoms with van der Waals surface area (Å²) in [5.41, 5.74) is -1.58. The molecule has 4 bridgehead atoms. The first-order chi connectivity index (χ1) is 9.40. The predicted octanol–water partition coefficient (Wildman–Crippen LogP) is 1.18. The molecule has 20 heavy (non-hydrogen) atoms. The van der Waals surface area contributed by atoms with Gasteiger partial charge in [-0.2, -0.15) is 0 Å². The summed E-state index contributed by atoms with van der Waals surface area (Å²) in [4.78, 5) is 29.0. The molecule has 4 heterocycles. The van der Waals surface area contributed by atoms with Gasteiger partial charge in [0.15, 0.2) is 5.66 Å². The van der Waals surface area contributed by atoms with Gasteiger partial charge >= 0.3 is 5.97 Å². The molecule has 0 aromatic rings. The Hall–Kier alpha value is -0.940. The van der Waals surface area contributed by atoms with Crippen molar-refractivity contribution < 1.29 is 14.7 Å². The molecule has 4 aliphatic heterocycles. The summed E-state index contributed by atoms with van der Waals surface area (Å²) in [7, 11) is 0. The van der Waals surface area contributed by atoms with Crippen LogP contribution in [0.3, 0.4) is 0 Å². The fraction of sp³-hybridized carbons (Fsp3) is 0.867. The fourth-order valence-corrected chi connectivity index (χ4v) is 4.88. The molecular weight excluding hydrogens is 256 g/mol. The van der Waals surface area contributed by atoms with Crippen LogP contribution in [0, 0.1) is 10.8 Å². The maximum absolute atomic E-state index is 12.9. The van der Waals surface area contributed by atoms with Crippen molar-refractivity contribution in [2.75, 3.05) is 26.2 Å². The molecule has 0 saturated carbocycles. The van der Waals surface area contributed by atoms with Crippen molar-refractivity contribution in [2.45, 2.75) is 45.7 Å². The van der Waals surface area contributed by atoms with E-state index in [0.29, 0.717) is 38.4 Å². The summed E-state index contributed by atoms with van der Waals surface area (Å²) in [5.74, 6) is -0.374. The van der Waals surface area contributed by atoms with Crippen LogP contribution in [0.5, 0.6) is 0 Å². The second kappa shape index (κ2) is 4.04. The van der Waals surface area contributed by atoms with Crippen molar-refractivity contribution >= 4 is 11.8 Å². The fourth-order valence-electron chi connectivity index (χ4n) is 4.88. The van der Waals surface area contributed by atoms with Crippen LogP contribution in [0.2, 0.25) is 0 Å². The second-order valence-corrected chi connectivity index (χ2v) is 6.78. The van der Waals surface area contributed by atoms with Crippen molar-refractivity contribution in [3.63, 3.8) is 0 Å². The number of rotatable bonds is 4. The third kappa shape index (κ3) is 1.31. The van der Waals surface area contributed by atoms with Gasteiger partial charge in [0.25, 0.3) is 0 Å². The highest BCUT2D eigenvalue weighted by Crippen LogP contribution is 2.54. The predicted molar refractivity (Wildman–Crippen MR) is 74.3 cm³/mol. The van der Waals surface area contributed by atoms with Crippen molar-refractivity contribution in [1.29, 1.82) is 0 Å². The first kappa shape index (κ1) is 14.0. The second-order valence-electron chi connectivity index (χ2n) is 6.78. The molecule has 0 amide bonds. The third-order valence-electron chi connectivity index (χ3n) is 6.17. The highest BCUT2D eigenvalue weighted by Gasteiger charge is 2.70. The molecule has 0 atom stereocenters. The molecule has 0 aliphatic carbocycles. The van der Waals surface area contributed by atoms with Crippen molar-refractivity contribution in [1.82, 2.24) is 9.80 Å². The highest BCUT2D eigenvalue weighted by molar-refractivity contribution is 5.94. The number of Topliss-reactive ketones (excluding diaryl/α,β-unsaturated/α-hetero) is 1. The molecule has 4 aliphatic rings. The van der Waals surface area contributed by atoms with E-state index in [2.05, 4.69) is 23.6 Å². The van der Waals surface area contributed by atoms with Crippen LogP contribution in [0.4, 0.5) is 0 Å². The molecule has 0 radical (unpaired) electrons. The number of hydrogen-bond acceptors (Lipinski definition) is 4. The normalized spacial score (nSPS) is 49.6. The van der Waals surface area contributed by atoms with Crippen LogP contribution in [0.25, 0.3) is 0 Å². The van der Waals surface area contributed by atoms with Gasteiger partial charge in [-0.15, -0.1) is 0 Å². The van der Waals surface area contributed by atoms with Crippen LogP contribution in [-0.2, 0) is 9.59 Å². The lowest BCUT2D eigenvalue weighted by molar-refractivity contribution is -0.241. The van der Waals surface area contributed by atoms with Gasteiger partial charge < -0.3 is 5.11 Å². The Labute approximate surface area is 119 Å². The summed E-state index contributed by atoms with van der Waals surface area (Å²) < 4.78 is 0. The Bertz CT molecular complexity index is 432. The summed E-state index contributed by atoms with van der Waals surface area (Å²) in [6.07, 6.45) is 2.18. The Morgan fingerprint density at radius 3 is 1.65 bits per heavy atom. The van der Waals surface area contributed by atoms with Crippen LogP contribution in [-0.4, -0.2) is 58.5 Å². The maximum atomic E-state index is 12.9. The molecule has 0 aromatic heterocycles. The summed E-state index contributed by atoms with van der Waals surface area (Å²) in [6.45, 7) is 8.51. The van der Waals surface area contributed by atoms with E-state index in [-0.39, 0.29) is 10.8 Å². The topological polar surface area (TPSA) is 60.9 Å². The van der Waals surface area contributed by atoms with Gasteiger partial charge in [0.2, 0.25) is 0 Å². The lowest BCUT2D eigenvalue weighted by Gasteiger charge is -2.69. The minimum absolute atomic E-state index is 0.347. The molecule has 1 N–H and O–H groups in total. The number of hydrogen-bond donors (Lipinski definition) is 1. The van der Waals surface area contributed by atoms with E-state index >= 15 is 0 Å². The molecule has 4 rings (SSSR count). The number of nitrogens with zero attached hydrogens (tertiary/aromatic N) is 2. The SMILES string of the molecule is CCC12CN3CC(CC)(CN(C1)C3(CC)C(=O)O)C2=O. The van der Waals surface area contributed by atoms with Gasteiger partial charge in [0, 0.05) is 26.2 Å². The number of ketones is 1. The number of piperidine rings is 2. The molecule has 4 fully saturated rings. The maximum Gasteiger partial charge on any atom is 0.339 e. The summed E-state index contributed by atoms with van der Waals surface area (Å²) in [5, 5.41) is 9.81. The van der Waals surface area contributed by atoms with Gasteiger partial charge in [-0.05, 0) is 19.3 Å². The largest absolute Gasteiger partial charge is 0.479 e. The average molecular weight is 280 g/mol. The van der Waals surface area contributed by atoms with E-state index in [9.17, 15) is 14.7 Å². The molecule has 112 valence electrons. The molecule has 4 saturated heterocycles. The smallest absolute Gasteiger partial charge is 0.339 e. The molecule has 0 spiro atoms. The molecule has 0 aromatic carbocycles. The van der Waals surface area contributed by atoms with E-state index in [4.69, 9.17) is 0 Å². The lowest BCUT2D eigenvalue weighted by Crippen LogP contribution is -2.85. The number of carbonyl (C=O) groups excluding carboxylic acids is 1.